The first kappa shape index (κ1) is 10.7. The van der Waals surface area contributed by atoms with Crippen LogP contribution in [0.2, 0.25) is 5.02 Å². The van der Waals surface area contributed by atoms with Crippen LogP contribution in [0.5, 0.6) is 11.6 Å². The molecule has 0 aliphatic heterocycles. The average molecular weight is 236 g/mol. The van der Waals surface area contributed by atoms with Gasteiger partial charge in [0.1, 0.15) is 11.6 Å². The van der Waals surface area contributed by atoms with Crippen LogP contribution in [-0.2, 0) is 0 Å². The second-order valence-electron chi connectivity index (χ2n) is 3.33. The molecule has 4 nitrogen and oxygen atoms in total. The summed E-state index contributed by atoms with van der Waals surface area (Å²) in [6.45, 7) is 1.96. The van der Waals surface area contributed by atoms with Gasteiger partial charge >= 0.3 is 0 Å². The molecule has 1 aromatic heterocycles. The number of hydrogen-bond acceptors (Lipinski definition) is 4. The van der Waals surface area contributed by atoms with Gasteiger partial charge in [0.2, 0.25) is 5.88 Å². The summed E-state index contributed by atoms with van der Waals surface area (Å²) in [5.74, 6) is 1.26. The molecular weight excluding hydrogens is 226 g/mol. The second-order valence-corrected chi connectivity index (χ2v) is 3.74. The Bertz CT molecular complexity index is 499. The van der Waals surface area contributed by atoms with Crippen molar-refractivity contribution < 1.29 is 4.74 Å². The summed E-state index contributed by atoms with van der Waals surface area (Å²) in [6.07, 6.45) is 0. The molecule has 5 heteroatoms. The highest BCUT2D eigenvalue weighted by Crippen LogP contribution is 2.28. The van der Waals surface area contributed by atoms with Crippen LogP contribution in [-0.4, -0.2) is 10.2 Å². The number of aryl methyl sites for hydroxylation is 1. The van der Waals surface area contributed by atoms with Crippen molar-refractivity contribution in [3.05, 3.63) is 40.9 Å². The van der Waals surface area contributed by atoms with E-state index in [0.29, 0.717) is 22.5 Å². The number of nitrogens with zero attached hydrogens (tertiary/aromatic N) is 2. The smallest absolute Gasteiger partial charge is 0.239 e. The van der Waals surface area contributed by atoms with E-state index < -0.39 is 0 Å². The maximum atomic E-state index is 6.01. The average Bonchev–Trinajstić information content (AvgIpc) is 2.25. The summed E-state index contributed by atoms with van der Waals surface area (Å²) in [4.78, 5) is 0. The van der Waals surface area contributed by atoms with Crippen LogP contribution in [0.15, 0.2) is 30.3 Å². The Balaban J connectivity index is 2.23. The molecule has 0 saturated heterocycles. The number of aromatic nitrogens is 2. The van der Waals surface area contributed by atoms with Gasteiger partial charge < -0.3 is 10.5 Å². The number of nitrogen functional groups attached to an aromatic ring is 1. The van der Waals surface area contributed by atoms with Crippen LogP contribution in [0, 0.1) is 6.92 Å². The van der Waals surface area contributed by atoms with Gasteiger partial charge in [0.25, 0.3) is 0 Å². The largest absolute Gasteiger partial charge is 0.436 e. The predicted molar refractivity (Wildman–Crippen MR) is 62.7 cm³/mol. The Morgan fingerprint density at radius 1 is 1.19 bits per heavy atom. The Kier molecular flexibility index (Phi) is 2.92. The fraction of sp³-hybridized carbons (Fsp3) is 0.0909. The number of hydrogen-bond donors (Lipinski definition) is 1. The SMILES string of the molecule is Cc1ccc(Oc2ccc(N)nn2)c(Cl)c1. The molecule has 0 saturated carbocycles. The summed E-state index contributed by atoms with van der Waals surface area (Å²) in [5, 5.41) is 8.00. The Hall–Kier alpha value is -1.81. The molecule has 0 aliphatic carbocycles. The summed E-state index contributed by atoms with van der Waals surface area (Å²) in [6, 6.07) is 8.77. The minimum absolute atomic E-state index is 0.349. The van der Waals surface area contributed by atoms with E-state index in [1.165, 1.54) is 0 Å². The van der Waals surface area contributed by atoms with Crippen LogP contribution in [0.4, 0.5) is 5.82 Å². The third-order valence-electron chi connectivity index (χ3n) is 1.96. The van der Waals surface area contributed by atoms with E-state index in [0.717, 1.165) is 5.56 Å². The molecule has 82 valence electrons. The highest BCUT2D eigenvalue weighted by molar-refractivity contribution is 6.32. The number of anilines is 1. The van der Waals surface area contributed by atoms with Crippen molar-refractivity contribution in [2.24, 2.45) is 0 Å². The van der Waals surface area contributed by atoms with Gasteiger partial charge in [0.15, 0.2) is 0 Å². The molecule has 2 N–H and O–H groups in total. The molecule has 0 atom stereocenters. The Labute approximate surface area is 98.0 Å². The maximum absolute atomic E-state index is 6.01. The fourth-order valence-electron chi connectivity index (χ4n) is 1.19. The highest BCUT2D eigenvalue weighted by atomic mass is 35.5. The lowest BCUT2D eigenvalue weighted by atomic mass is 10.2. The summed E-state index contributed by atoms with van der Waals surface area (Å²) in [5.41, 5.74) is 6.48. The van der Waals surface area contributed by atoms with Crippen LogP contribution in [0.1, 0.15) is 5.56 Å². The van der Waals surface area contributed by atoms with E-state index in [9.17, 15) is 0 Å². The molecule has 1 heterocycles. The molecule has 16 heavy (non-hydrogen) atoms. The van der Waals surface area contributed by atoms with E-state index in [2.05, 4.69) is 10.2 Å². The van der Waals surface area contributed by atoms with Gasteiger partial charge in [-0.15, -0.1) is 10.2 Å². The van der Waals surface area contributed by atoms with E-state index in [4.69, 9.17) is 22.1 Å². The summed E-state index contributed by atoms with van der Waals surface area (Å²) < 4.78 is 5.46. The lowest BCUT2D eigenvalue weighted by molar-refractivity contribution is 0.456. The summed E-state index contributed by atoms with van der Waals surface area (Å²) >= 11 is 6.01. The van der Waals surface area contributed by atoms with E-state index in [-0.39, 0.29) is 0 Å². The van der Waals surface area contributed by atoms with Crippen LogP contribution in [0.3, 0.4) is 0 Å². The van der Waals surface area contributed by atoms with Crippen molar-refractivity contribution in [2.45, 2.75) is 6.92 Å². The highest BCUT2D eigenvalue weighted by Gasteiger charge is 2.04. The maximum Gasteiger partial charge on any atom is 0.239 e. The third kappa shape index (κ3) is 2.41. The molecule has 0 spiro atoms. The van der Waals surface area contributed by atoms with Crippen molar-refractivity contribution >= 4 is 17.4 Å². The first-order valence-electron chi connectivity index (χ1n) is 4.68. The third-order valence-corrected chi connectivity index (χ3v) is 2.26. The normalized spacial score (nSPS) is 10.1. The monoisotopic (exact) mass is 235 g/mol. The predicted octanol–water partition coefficient (Wildman–Crippen LogP) is 2.81. The molecular formula is C11H10ClN3O. The Morgan fingerprint density at radius 3 is 2.62 bits per heavy atom. The van der Waals surface area contributed by atoms with Gasteiger partial charge in [-0.2, -0.15) is 0 Å². The molecule has 2 rings (SSSR count). The standard InChI is InChI=1S/C11H10ClN3O/c1-7-2-3-9(8(12)6-7)16-11-5-4-10(13)14-15-11/h2-6H,1H3,(H2,13,14). The first-order valence-corrected chi connectivity index (χ1v) is 5.06. The zero-order valence-electron chi connectivity index (χ0n) is 8.64. The topological polar surface area (TPSA) is 61.0 Å². The molecule has 0 aliphatic rings. The van der Waals surface area contributed by atoms with E-state index in [1.807, 2.05) is 19.1 Å². The zero-order chi connectivity index (χ0) is 11.5. The molecule has 0 unspecified atom stereocenters. The molecule has 0 bridgehead atoms. The van der Waals surface area contributed by atoms with E-state index >= 15 is 0 Å². The fourth-order valence-corrected chi connectivity index (χ4v) is 1.46. The minimum Gasteiger partial charge on any atom is -0.436 e. The van der Waals surface area contributed by atoms with Gasteiger partial charge in [-0.3, -0.25) is 0 Å². The van der Waals surface area contributed by atoms with Crippen LogP contribution < -0.4 is 10.5 Å². The van der Waals surface area contributed by atoms with Gasteiger partial charge in [-0.05, 0) is 30.7 Å². The minimum atomic E-state index is 0.349. The van der Waals surface area contributed by atoms with E-state index in [1.54, 1.807) is 18.2 Å². The lowest BCUT2D eigenvalue weighted by Gasteiger charge is -2.06. The number of benzene rings is 1. The van der Waals surface area contributed by atoms with Gasteiger partial charge in [-0.1, -0.05) is 17.7 Å². The van der Waals surface area contributed by atoms with Gasteiger partial charge in [0, 0.05) is 6.07 Å². The van der Waals surface area contributed by atoms with Crippen LogP contribution >= 0.6 is 11.6 Å². The number of nitrogens with two attached hydrogens (primary N) is 1. The first-order chi connectivity index (χ1) is 7.65. The molecule has 0 fully saturated rings. The van der Waals surface area contributed by atoms with Gasteiger partial charge in [-0.25, -0.2) is 0 Å². The second kappa shape index (κ2) is 4.37. The molecule has 0 amide bonds. The quantitative estimate of drug-likeness (QED) is 0.870. The van der Waals surface area contributed by atoms with Crippen molar-refractivity contribution in [1.82, 2.24) is 10.2 Å². The van der Waals surface area contributed by atoms with Crippen molar-refractivity contribution in [3.8, 4) is 11.6 Å². The number of rotatable bonds is 2. The van der Waals surface area contributed by atoms with Crippen LogP contribution in [0.25, 0.3) is 0 Å². The Morgan fingerprint density at radius 2 is 2.00 bits per heavy atom. The molecule has 2 aromatic rings. The van der Waals surface area contributed by atoms with Gasteiger partial charge in [0.05, 0.1) is 5.02 Å². The molecule has 1 aromatic carbocycles. The van der Waals surface area contributed by atoms with Crippen molar-refractivity contribution in [1.29, 1.82) is 0 Å². The number of halogens is 1. The molecule has 0 radical (unpaired) electrons. The lowest BCUT2D eigenvalue weighted by Crippen LogP contribution is -1.95. The number of ether oxygens (including phenoxy) is 1. The zero-order valence-corrected chi connectivity index (χ0v) is 9.40. The van der Waals surface area contributed by atoms with Crippen molar-refractivity contribution in [2.75, 3.05) is 5.73 Å². The van der Waals surface area contributed by atoms with Crippen molar-refractivity contribution in [3.63, 3.8) is 0 Å². The summed E-state index contributed by atoms with van der Waals surface area (Å²) in [7, 11) is 0.